The van der Waals surface area contributed by atoms with Crippen molar-refractivity contribution in [3.8, 4) is 5.75 Å². The van der Waals surface area contributed by atoms with Gasteiger partial charge in [-0.25, -0.2) is 0 Å². The molecule has 0 unspecified atom stereocenters. The third-order valence-electron chi connectivity index (χ3n) is 1.03. The summed E-state index contributed by atoms with van der Waals surface area (Å²) in [4.78, 5) is 0. The van der Waals surface area contributed by atoms with Crippen LogP contribution in [0.2, 0.25) is 0 Å². The van der Waals surface area contributed by atoms with Crippen LogP contribution in [0.5, 0.6) is 5.75 Å². The van der Waals surface area contributed by atoms with Crippen molar-refractivity contribution < 1.29 is 9.15 Å². The minimum Gasteiger partial charge on any atom is -0.493 e. The van der Waals surface area contributed by atoms with Crippen molar-refractivity contribution in [2.45, 2.75) is 6.92 Å². The summed E-state index contributed by atoms with van der Waals surface area (Å²) in [6, 6.07) is 1.79. The molecule has 0 aliphatic rings. The fourth-order valence-corrected chi connectivity index (χ4v) is 0.585. The van der Waals surface area contributed by atoms with Crippen molar-refractivity contribution >= 4 is 0 Å². The maximum atomic E-state index is 4.93. The van der Waals surface area contributed by atoms with E-state index in [9.17, 15) is 0 Å². The van der Waals surface area contributed by atoms with E-state index in [4.69, 9.17) is 9.15 Å². The highest BCUT2D eigenvalue weighted by atomic mass is 16.5. The third-order valence-corrected chi connectivity index (χ3v) is 1.03. The molecule has 1 heterocycles. The predicted molar refractivity (Wildman–Crippen MR) is 30.0 cm³/mol. The molecule has 0 aliphatic heterocycles. The van der Waals surface area contributed by atoms with Crippen LogP contribution in [0.1, 0.15) is 5.76 Å². The average molecular weight is 112 g/mol. The molecule has 0 saturated carbocycles. The van der Waals surface area contributed by atoms with Crippen LogP contribution in [-0.2, 0) is 0 Å². The van der Waals surface area contributed by atoms with Gasteiger partial charge >= 0.3 is 0 Å². The van der Waals surface area contributed by atoms with Crippen LogP contribution in [0.3, 0.4) is 0 Å². The first kappa shape index (κ1) is 5.22. The first-order chi connectivity index (χ1) is 3.84. The second kappa shape index (κ2) is 1.90. The van der Waals surface area contributed by atoms with E-state index >= 15 is 0 Å². The second-order valence-corrected chi connectivity index (χ2v) is 1.55. The molecule has 0 N–H and O–H groups in total. The van der Waals surface area contributed by atoms with Crippen LogP contribution >= 0.6 is 0 Å². The van der Waals surface area contributed by atoms with Crippen molar-refractivity contribution in [2.75, 3.05) is 7.11 Å². The van der Waals surface area contributed by atoms with E-state index < -0.39 is 0 Å². The molecule has 0 atom stereocenters. The smallest absolute Gasteiger partial charge is 0.159 e. The van der Waals surface area contributed by atoms with Gasteiger partial charge in [-0.2, -0.15) is 0 Å². The molecule has 1 rings (SSSR count). The number of hydrogen-bond donors (Lipinski definition) is 0. The maximum Gasteiger partial charge on any atom is 0.159 e. The van der Waals surface area contributed by atoms with Crippen molar-refractivity contribution in [2.24, 2.45) is 0 Å². The normalized spacial score (nSPS) is 9.25. The summed E-state index contributed by atoms with van der Waals surface area (Å²) in [6.07, 6.45) is 1.61. The average Bonchev–Trinajstić information content (AvgIpc) is 2.14. The molecule has 0 bridgehead atoms. The zero-order valence-electron chi connectivity index (χ0n) is 4.97. The summed E-state index contributed by atoms with van der Waals surface area (Å²) in [6.45, 7) is 1.86. The Kier molecular flexibility index (Phi) is 1.24. The molecule has 2 nitrogen and oxygen atoms in total. The molecule has 0 amide bonds. The summed E-state index contributed by atoms with van der Waals surface area (Å²) in [5.74, 6) is 1.64. The quantitative estimate of drug-likeness (QED) is 0.550. The molecule has 2 heteroatoms. The second-order valence-electron chi connectivity index (χ2n) is 1.55. The van der Waals surface area contributed by atoms with Gasteiger partial charge in [0.1, 0.15) is 5.76 Å². The van der Waals surface area contributed by atoms with Crippen molar-refractivity contribution in [1.82, 2.24) is 0 Å². The molecule has 0 aliphatic carbocycles. The molecule has 1 aromatic rings. The molecule has 0 radical (unpaired) electrons. The largest absolute Gasteiger partial charge is 0.493 e. The monoisotopic (exact) mass is 112 g/mol. The minimum atomic E-state index is 0.810. The van der Waals surface area contributed by atoms with Gasteiger partial charge in [-0.1, -0.05) is 0 Å². The van der Waals surface area contributed by atoms with E-state index in [-0.39, 0.29) is 0 Å². The first-order valence-corrected chi connectivity index (χ1v) is 2.42. The zero-order valence-corrected chi connectivity index (χ0v) is 4.97. The van der Waals surface area contributed by atoms with Crippen LogP contribution in [0.25, 0.3) is 0 Å². The van der Waals surface area contributed by atoms with E-state index in [1.54, 1.807) is 19.4 Å². The predicted octanol–water partition coefficient (Wildman–Crippen LogP) is 1.60. The molecule has 0 spiro atoms. The lowest BCUT2D eigenvalue weighted by Gasteiger charge is -1.91. The van der Waals surface area contributed by atoms with Crippen LogP contribution in [0.15, 0.2) is 16.7 Å². The molecular formula is C6H8O2. The van der Waals surface area contributed by atoms with Crippen LogP contribution in [-0.4, -0.2) is 7.11 Å². The SMILES string of the molecule is COc1ccoc1C. The van der Waals surface area contributed by atoms with Crippen LogP contribution < -0.4 is 4.74 Å². The van der Waals surface area contributed by atoms with Gasteiger partial charge in [-0.15, -0.1) is 0 Å². The van der Waals surface area contributed by atoms with E-state index in [1.807, 2.05) is 6.92 Å². The lowest BCUT2D eigenvalue weighted by atomic mass is 10.5. The van der Waals surface area contributed by atoms with Crippen molar-refractivity contribution in [3.05, 3.63) is 18.1 Å². The van der Waals surface area contributed by atoms with Gasteiger partial charge < -0.3 is 9.15 Å². The Hall–Kier alpha value is -0.920. The number of ether oxygens (including phenoxy) is 1. The molecule has 1 aromatic heterocycles. The Morgan fingerprint density at radius 1 is 1.62 bits per heavy atom. The molecule has 0 aromatic carbocycles. The van der Waals surface area contributed by atoms with E-state index in [1.165, 1.54) is 0 Å². The Morgan fingerprint density at radius 3 is 2.62 bits per heavy atom. The van der Waals surface area contributed by atoms with E-state index in [0.29, 0.717) is 0 Å². The Bertz CT molecular complexity index is 167. The highest BCUT2D eigenvalue weighted by Crippen LogP contribution is 2.16. The summed E-state index contributed by atoms with van der Waals surface area (Å²) < 4.78 is 9.82. The molecule has 44 valence electrons. The molecule has 0 fully saturated rings. The highest BCUT2D eigenvalue weighted by molar-refractivity contribution is 5.22. The summed E-state index contributed by atoms with van der Waals surface area (Å²) in [7, 11) is 1.62. The Balaban J connectivity index is 2.92. The first-order valence-electron chi connectivity index (χ1n) is 2.42. The van der Waals surface area contributed by atoms with Crippen LogP contribution in [0, 0.1) is 6.92 Å². The van der Waals surface area contributed by atoms with Gasteiger partial charge in [0.05, 0.1) is 13.4 Å². The van der Waals surface area contributed by atoms with Gasteiger partial charge in [-0.3, -0.25) is 0 Å². The van der Waals surface area contributed by atoms with Crippen molar-refractivity contribution in [1.29, 1.82) is 0 Å². The lowest BCUT2D eigenvalue weighted by Crippen LogP contribution is -1.79. The number of methoxy groups -OCH3 is 1. The molecular weight excluding hydrogens is 104 g/mol. The Labute approximate surface area is 48.1 Å². The fourth-order valence-electron chi connectivity index (χ4n) is 0.585. The summed E-state index contributed by atoms with van der Waals surface area (Å²) in [5.41, 5.74) is 0. The number of aryl methyl sites for hydroxylation is 1. The number of furan rings is 1. The van der Waals surface area contributed by atoms with E-state index in [2.05, 4.69) is 0 Å². The standard InChI is InChI=1S/C6H8O2/c1-5-6(7-2)3-4-8-5/h3-4H,1-2H3. The zero-order chi connectivity index (χ0) is 5.98. The van der Waals surface area contributed by atoms with E-state index in [0.717, 1.165) is 11.5 Å². The lowest BCUT2D eigenvalue weighted by molar-refractivity contribution is 0.397. The Morgan fingerprint density at radius 2 is 2.38 bits per heavy atom. The summed E-state index contributed by atoms with van der Waals surface area (Å²) in [5, 5.41) is 0. The van der Waals surface area contributed by atoms with Gasteiger partial charge in [0, 0.05) is 6.07 Å². The van der Waals surface area contributed by atoms with Crippen LogP contribution in [0.4, 0.5) is 0 Å². The highest BCUT2D eigenvalue weighted by Gasteiger charge is 1.96. The third kappa shape index (κ3) is 0.689. The maximum absolute atomic E-state index is 4.93. The molecule has 8 heavy (non-hydrogen) atoms. The van der Waals surface area contributed by atoms with Gasteiger partial charge in [0.25, 0.3) is 0 Å². The molecule has 0 saturated heterocycles. The summed E-state index contributed by atoms with van der Waals surface area (Å²) >= 11 is 0. The van der Waals surface area contributed by atoms with Gasteiger partial charge in [0.15, 0.2) is 5.75 Å². The number of hydrogen-bond acceptors (Lipinski definition) is 2. The minimum absolute atomic E-state index is 0.810. The van der Waals surface area contributed by atoms with Crippen molar-refractivity contribution in [3.63, 3.8) is 0 Å². The van der Waals surface area contributed by atoms with Gasteiger partial charge in [0.2, 0.25) is 0 Å². The topological polar surface area (TPSA) is 22.4 Å². The van der Waals surface area contributed by atoms with Gasteiger partial charge in [-0.05, 0) is 6.92 Å². The fraction of sp³-hybridized carbons (Fsp3) is 0.333. The number of rotatable bonds is 1.